The molecule has 3 aromatic heterocycles. The zero-order valence-corrected chi connectivity index (χ0v) is 37.5. The first-order chi connectivity index (χ1) is 32.5. The van der Waals surface area contributed by atoms with E-state index in [0.717, 1.165) is 84.2 Å². The van der Waals surface area contributed by atoms with E-state index in [9.17, 15) is 0 Å². The van der Waals surface area contributed by atoms with Crippen LogP contribution in [0.25, 0.3) is 89.0 Å². The third kappa shape index (κ3) is 6.40. The molecule has 0 radical (unpaired) electrons. The maximum atomic E-state index is 6.89. The van der Waals surface area contributed by atoms with Crippen LogP contribution in [0.1, 0.15) is 48.1 Å². The number of furan rings is 1. The molecule has 316 valence electrons. The van der Waals surface area contributed by atoms with Crippen molar-refractivity contribution in [3.8, 4) is 56.2 Å². The van der Waals surface area contributed by atoms with E-state index in [0.29, 0.717) is 28.8 Å². The average Bonchev–Trinajstić information content (AvgIpc) is 3.96. The first-order valence-corrected chi connectivity index (χ1v) is 24.0. The first kappa shape index (κ1) is 39.1. The van der Waals surface area contributed by atoms with Gasteiger partial charge in [0.2, 0.25) is 0 Å². The Kier molecular flexibility index (Phi) is 9.28. The van der Waals surface area contributed by atoms with E-state index in [1.165, 1.54) is 32.7 Å². The quantitative estimate of drug-likeness (QED) is 0.167. The van der Waals surface area contributed by atoms with Crippen molar-refractivity contribution in [3.63, 3.8) is 0 Å². The number of hydrogen-bond donors (Lipinski definition) is 0. The van der Waals surface area contributed by atoms with Gasteiger partial charge in [-0.1, -0.05) is 184 Å². The van der Waals surface area contributed by atoms with Crippen LogP contribution in [0, 0.1) is 11.8 Å². The summed E-state index contributed by atoms with van der Waals surface area (Å²) >= 11 is 1.98. The molecule has 0 saturated carbocycles. The van der Waals surface area contributed by atoms with Crippen LogP contribution in [0.5, 0.6) is 0 Å². The zero-order valence-electron chi connectivity index (χ0n) is 36.7. The number of rotatable bonds is 6. The molecule has 7 aromatic carbocycles. The molecule has 4 nitrogen and oxygen atoms in total. The van der Waals surface area contributed by atoms with Gasteiger partial charge in [-0.25, -0.2) is 15.0 Å². The Morgan fingerprint density at radius 1 is 0.545 bits per heavy atom. The number of thioether (sulfide) groups is 1. The predicted molar refractivity (Wildman–Crippen MR) is 273 cm³/mol. The number of fused-ring (bicyclic) bond motifs is 9. The Morgan fingerprint density at radius 2 is 1.24 bits per heavy atom. The summed E-state index contributed by atoms with van der Waals surface area (Å²) in [4.78, 5) is 17.5. The third-order valence-corrected chi connectivity index (χ3v) is 15.9. The molecule has 0 fully saturated rings. The summed E-state index contributed by atoms with van der Waals surface area (Å²) in [7, 11) is 0. The summed E-state index contributed by atoms with van der Waals surface area (Å²) in [6.07, 6.45) is 10.1. The lowest BCUT2D eigenvalue weighted by atomic mass is 9.69. The SMILES string of the molecule is CC1C(c2nc3cccc(-c4ccc(-c5nc(-c6ccccc6)cc(-c6cccc(-c7cccc8c7SC7C=CC=CC87)c6)n5)cc4)c3c3c2oc2ccccc23)c2ccccc2C[C@@H]1C. The van der Waals surface area contributed by atoms with Gasteiger partial charge in [0.1, 0.15) is 5.58 Å². The molecule has 5 heteroatoms. The normalized spacial score (nSPS) is 19.6. The summed E-state index contributed by atoms with van der Waals surface area (Å²) in [5.74, 6) is 2.13. The Labute approximate surface area is 388 Å². The van der Waals surface area contributed by atoms with E-state index >= 15 is 0 Å². The molecule has 0 amide bonds. The van der Waals surface area contributed by atoms with Crippen LogP contribution in [0.3, 0.4) is 0 Å². The molecule has 0 spiro atoms. The first-order valence-electron chi connectivity index (χ1n) is 23.2. The molecule has 10 aromatic rings. The fourth-order valence-corrected chi connectivity index (χ4v) is 12.5. The van der Waals surface area contributed by atoms with Crippen LogP contribution in [-0.2, 0) is 6.42 Å². The topological polar surface area (TPSA) is 51.8 Å². The number of pyridine rings is 1. The van der Waals surface area contributed by atoms with Gasteiger partial charge in [-0.05, 0) is 81.5 Å². The van der Waals surface area contributed by atoms with Crippen molar-refractivity contribution < 1.29 is 4.42 Å². The summed E-state index contributed by atoms with van der Waals surface area (Å²) in [5.41, 5.74) is 17.5. The number of benzene rings is 7. The lowest BCUT2D eigenvalue weighted by molar-refractivity contribution is 0.323. The van der Waals surface area contributed by atoms with Gasteiger partial charge in [0.05, 0.1) is 22.6 Å². The van der Waals surface area contributed by atoms with Crippen molar-refractivity contribution in [1.82, 2.24) is 15.0 Å². The highest BCUT2D eigenvalue weighted by Crippen LogP contribution is 2.52. The second-order valence-electron chi connectivity index (χ2n) is 18.3. The molecule has 3 aliphatic rings. The number of hydrogen-bond acceptors (Lipinski definition) is 5. The fourth-order valence-electron chi connectivity index (χ4n) is 11.0. The molecule has 2 aliphatic carbocycles. The van der Waals surface area contributed by atoms with Crippen LogP contribution >= 0.6 is 11.8 Å². The van der Waals surface area contributed by atoms with E-state index in [4.69, 9.17) is 19.4 Å². The smallest absolute Gasteiger partial charge is 0.160 e. The molecule has 0 N–H and O–H groups in total. The molecule has 4 heterocycles. The van der Waals surface area contributed by atoms with Crippen LogP contribution in [0.2, 0.25) is 0 Å². The van der Waals surface area contributed by atoms with E-state index < -0.39 is 0 Å². The Morgan fingerprint density at radius 3 is 2.14 bits per heavy atom. The molecule has 13 rings (SSSR count). The van der Waals surface area contributed by atoms with Crippen molar-refractivity contribution in [3.05, 3.63) is 217 Å². The summed E-state index contributed by atoms with van der Waals surface area (Å²) in [5, 5.41) is 3.79. The predicted octanol–water partition coefficient (Wildman–Crippen LogP) is 15.9. The number of aromatic nitrogens is 3. The molecule has 1 aliphatic heterocycles. The lowest BCUT2D eigenvalue weighted by Gasteiger charge is -2.36. The van der Waals surface area contributed by atoms with Crippen molar-refractivity contribution in [1.29, 1.82) is 0 Å². The largest absolute Gasteiger partial charge is 0.454 e. The molecule has 0 saturated heterocycles. The highest BCUT2D eigenvalue weighted by molar-refractivity contribution is 8.00. The molecular weight excluding hydrogens is 823 g/mol. The summed E-state index contributed by atoms with van der Waals surface area (Å²) in [6, 6.07) is 60.9. The molecule has 0 bridgehead atoms. The van der Waals surface area contributed by atoms with Crippen molar-refractivity contribution >= 4 is 44.6 Å². The van der Waals surface area contributed by atoms with Crippen molar-refractivity contribution in [2.75, 3.05) is 0 Å². The Bertz CT molecular complexity index is 3610. The van der Waals surface area contributed by atoms with Crippen molar-refractivity contribution in [2.45, 2.75) is 42.2 Å². The average molecular weight is 868 g/mol. The highest BCUT2D eigenvalue weighted by Gasteiger charge is 2.36. The Balaban J connectivity index is 0.921. The van der Waals surface area contributed by atoms with E-state index in [1.807, 2.05) is 17.8 Å². The van der Waals surface area contributed by atoms with Gasteiger partial charge in [-0.15, -0.1) is 11.8 Å². The van der Waals surface area contributed by atoms with E-state index in [-0.39, 0.29) is 5.92 Å². The summed E-state index contributed by atoms with van der Waals surface area (Å²) < 4.78 is 6.89. The van der Waals surface area contributed by atoms with E-state index in [2.05, 4.69) is 202 Å². The van der Waals surface area contributed by atoms with Gasteiger partial charge < -0.3 is 4.42 Å². The minimum atomic E-state index is 0.122. The van der Waals surface area contributed by atoms with Gasteiger partial charge >= 0.3 is 0 Å². The lowest BCUT2D eigenvalue weighted by Crippen LogP contribution is -2.27. The van der Waals surface area contributed by atoms with Crippen LogP contribution in [0.15, 0.2) is 203 Å². The molecular formula is C61H45N3OS. The third-order valence-electron chi connectivity index (χ3n) is 14.5. The second-order valence-corrected chi connectivity index (χ2v) is 19.5. The second kappa shape index (κ2) is 15.7. The van der Waals surface area contributed by atoms with E-state index in [1.54, 1.807) is 0 Å². The highest BCUT2D eigenvalue weighted by atomic mass is 32.2. The summed E-state index contributed by atoms with van der Waals surface area (Å²) in [6.45, 7) is 4.77. The Hall–Kier alpha value is -7.34. The number of para-hydroxylation sites is 1. The molecule has 4 unspecified atom stereocenters. The zero-order chi connectivity index (χ0) is 43.9. The van der Waals surface area contributed by atoms with Gasteiger partial charge in [0.25, 0.3) is 0 Å². The fraction of sp³-hybridized carbons (Fsp3) is 0.131. The van der Waals surface area contributed by atoms with Crippen LogP contribution in [-0.4, -0.2) is 20.2 Å². The number of nitrogens with zero attached hydrogens (tertiary/aromatic N) is 3. The maximum absolute atomic E-state index is 6.89. The van der Waals surface area contributed by atoms with Gasteiger partial charge in [-0.3, -0.25) is 0 Å². The van der Waals surface area contributed by atoms with Crippen molar-refractivity contribution in [2.24, 2.45) is 11.8 Å². The van der Waals surface area contributed by atoms with Gasteiger partial charge in [0, 0.05) is 54.8 Å². The standard InChI is InChI=1S/C61H45N3OS/c1-36-33-41-17-6-7-20-45(41)55(37(36)2)58-59-57(49-22-8-10-27-53(49)65-59)56-44(23-14-26-50(56)62-58)38-29-31-40(32-30-38)61-63-51(39-15-4-3-5-16-39)35-52(64-61)43-19-12-18-42(34-43)46-24-13-25-48-47-21-9-11-28-54(47)66-60(46)48/h3-32,34-37,47,54-55H,33H2,1-2H3/t36-,37?,47?,54?,55?/m0/s1. The van der Waals surface area contributed by atoms with Gasteiger partial charge in [0.15, 0.2) is 11.4 Å². The molecule has 66 heavy (non-hydrogen) atoms. The minimum Gasteiger partial charge on any atom is -0.454 e. The minimum absolute atomic E-state index is 0.122. The van der Waals surface area contributed by atoms with Gasteiger partial charge in [-0.2, -0.15) is 0 Å². The van der Waals surface area contributed by atoms with Crippen LogP contribution in [0.4, 0.5) is 0 Å². The number of allylic oxidation sites excluding steroid dienone is 3. The molecule has 5 atom stereocenters. The maximum Gasteiger partial charge on any atom is 0.160 e. The van der Waals surface area contributed by atoms with Crippen LogP contribution < -0.4 is 0 Å². The monoisotopic (exact) mass is 867 g/mol.